The fourth-order valence-electron chi connectivity index (χ4n) is 2.24. The van der Waals surface area contributed by atoms with E-state index in [-0.39, 0.29) is 0 Å². The second-order valence-corrected chi connectivity index (χ2v) is 7.54. The third-order valence-corrected chi connectivity index (χ3v) is 5.69. The third kappa shape index (κ3) is 4.14. The first kappa shape index (κ1) is 14.7. The van der Waals surface area contributed by atoms with Crippen LogP contribution in [0.25, 0.3) is 0 Å². The Kier molecular flexibility index (Phi) is 5.58. The summed E-state index contributed by atoms with van der Waals surface area (Å²) in [6, 6.07) is 4.37. The summed E-state index contributed by atoms with van der Waals surface area (Å²) in [5.74, 6) is 2.25. The Morgan fingerprint density at radius 1 is 1.53 bits per heavy atom. The standard InChI is InChI=1S/C14H23N3S2/c1-4-12-10-17(7-8-18-12)14(15-3)16-9-13-6-5-11(2)19-13/h5-6,12H,4,7-10H2,1-3H3,(H,15,16). The highest BCUT2D eigenvalue weighted by molar-refractivity contribution is 8.00. The van der Waals surface area contributed by atoms with Gasteiger partial charge in [0.1, 0.15) is 0 Å². The van der Waals surface area contributed by atoms with Gasteiger partial charge in [-0.2, -0.15) is 11.8 Å². The minimum Gasteiger partial charge on any atom is -0.351 e. The summed E-state index contributed by atoms with van der Waals surface area (Å²) < 4.78 is 0. The molecule has 0 spiro atoms. The molecule has 0 aliphatic carbocycles. The van der Waals surface area contributed by atoms with Gasteiger partial charge in [-0.3, -0.25) is 4.99 Å². The van der Waals surface area contributed by atoms with Crippen molar-refractivity contribution >= 4 is 29.1 Å². The normalized spacial score (nSPS) is 20.7. The van der Waals surface area contributed by atoms with Crippen molar-refractivity contribution in [2.24, 2.45) is 4.99 Å². The monoisotopic (exact) mass is 297 g/mol. The van der Waals surface area contributed by atoms with Crippen molar-refractivity contribution in [3.05, 3.63) is 21.9 Å². The van der Waals surface area contributed by atoms with E-state index < -0.39 is 0 Å². The lowest BCUT2D eigenvalue weighted by Gasteiger charge is -2.34. The quantitative estimate of drug-likeness (QED) is 0.686. The second kappa shape index (κ2) is 7.20. The van der Waals surface area contributed by atoms with Crippen LogP contribution in [-0.4, -0.2) is 42.0 Å². The summed E-state index contributed by atoms with van der Waals surface area (Å²) in [4.78, 5) is 9.56. The molecule has 2 rings (SSSR count). The van der Waals surface area contributed by atoms with Crippen LogP contribution in [-0.2, 0) is 6.54 Å². The highest BCUT2D eigenvalue weighted by Gasteiger charge is 2.21. The van der Waals surface area contributed by atoms with Crippen molar-refractivity contribution < 1.29 is 0 Å². The Bertz CT molecular complexity index is 428. The van der Waals surface area contributed by atoms with Crippen LogP contribution in [0.2, 0.25) is 0 Å². The summed E-state index contributed by atoms with van der Waals surface area (Å²) in [5.41, 5.74) is 0. The van der Waals surface area contributed by atoms with E-state index in [4.69, 9.17) is 0 Å². The first-order chi connectivity index (χ1) is 9.22. The number of thioether (sulfide) groups is 1. The minimum absolute atomic E-state index is 0.747. The number of aliphatic imine (C=N–C) groups is 1. The van der Waals surface area contributed by atoms with Crippen LogP contribution >= 0.6 is 23.1 Å². The molecule has 0 bridgehead atoms. The van der Waals surface area contributed by atoms with Gasteiger partial charge in [0, 0.05) is 40.9 Å². The molecule has 1 atom stereocenters. The van der Waals surface area contributed by atoms with E-state index in [0.717, 1.165) is 30.8 Å². The molecule has 1 aromatic rings. The topological polar surface area (TPSA) is 27.6 Å². The Labute approximate surface area is 124 Å². The van der Waals surface area contributed by atoms with Crippen molar-refractivity contribution in [2.75, 3.05) is 25.9 Å². The van der Waals surface area contributed by atoms with Crippen LogP contribution < -0.4 is 5.32 Å². The molecule has 0 aromatic carbocycles. The van der Waals surface area contributed by atoms with Crippen molar-refractivity contribution in [2.45, 2.75) is 32.1 Å². The molecule has 1 aliphatic heterocycles. The van der Waals surface area contributed by atoms with Crippen LogP contribution in [0.4, 0.5) is 0 Å². The first-order valence-electron chi connectivity index (χ1n) is 6.85. The van der Waals surface area contributed by atoms with Crippen molar-refractivity contribution in [1.82, 2.24) is 10.2 Å². The van der Waals surface area contributed by atoms with Gasteiger partial charge in [0.25, 0.3) is 0 Å². The molecule has 1 saturated heterocycles. The Morgan fingerprint density at radius 3 is 3.00 bits per heavy atom. The highest BCUT2D eigenvalue weighted by Crippen LogP contribution is 2.21. The molecule has 3 nitrogen and oxygen atoms in total. The molecule has 1 fully saturated rings. The average molecular weight is 297 g/mol. The molecule has 0 amide bonds. The smallest absolute Gasteiger partial charge is 0.194 e. The van der Waals surface area contributed by atoms with Gasteiger partial charge in [0.05, 0.1) is 6.54 Å². The zero-order chi connectivity index (χ0) is 13.7. The predicted molar refractivity (Wildman–Crippen MR) is 87.4 cm³/mol. The molecule has 0 radical (unpaired) electrons. The number of rotatable bonds is 3. The number of nitrogens with one attached hydrogen (secondary N) is 1. The van der Waals surface area contributed by atoms with Gasteiger partial charge >= 0.3 is 0 Å². The molecule has 2 heterocycles. The van der Waals surface area contributed by atoms with Crippen LogP contribution in [0.1, 0.15) is 23.1 Å². The zero-order valence-electron chi connectivity index (χ0n) is 12.0. The lowest BCUT2D eigenvalue weighted by Crippen LogP contribution is -2.47. The maximum absolute atomic E-state index is 4.43. The van der Waals surface area contributed by atoms with Crippen molar-refractivity contribution in [1.29, 1.82) is 0 Å². The number of nitrogens with zero attached hydrogens (tertiary/aromatic N) is 2. The summed E-state index contributed by atoms with van der Waals surface area (Å²) >= 11 is 3.94. The molecule has 5 heteroatoms. The average Bonchev–Trinajstić information content (AvgIpc) is 2.85. The summed E-state index contributed by atoms with van der Waals surface area (Å²) in [7, 11) is 1.88. The van der Waals surface area contributed by atoms with Crippen LogP contribution in [0.5, 0.6) is 0 Å². The Hall–Kier alpha value is -0.680. The van der Waals surface area contributed by atoms with Gasteiger partial charge in [0.15, 0.2) is 5.96 Å². The zero-order valence-corrected chi connectivity index (χ0v) is 13.6. The van der Waals surface area contributed by atoms with Crippen LogP contribution in [0.3, 0.4) is 0 Å². The number of thiophene rings is 1. The molecule has 1 aliphatic rings. The Balaban J connectivity index is 1.89. The maximum Gasteiger partial charge on any atom is 0.194 e. The minimum atomic E-state index is 0.747. The highest BCUT2D eigenvalue weighted by atomic mass is 32.2. The molecular weight excluding hydrogens is 274 g/mol. The lowest BCUT2D eigenvalue weighted by atomic mass is 10.3. The number of hydrogen-bond acceptors (Lipinski definition) is 3. The maximum atomic E-state index is 4.43. The Morgan fingerprint density at radius 2 is 2.37 bits per heavy atom. The fourth-order valence-corrected chi connectivity index (χ4v) is 4.25. The summed E-state index contributed by atoms with van der Waals surface area (Å²) in [5, 5.41) is 4.24. The van der Waals surface area contributed by atoms with Gasteiger partial charge in [-0.05, 0) is 25.5 Å². The number of aryl methyl sites for hydroxylation is 1. The number of hydrogen-bond donors (Lipinski definition) is 1. The van der Waals surface area contributed by atoms with E-state index in [2.05, 4.69) is 53.0 Å². The van der Waals surface area contributed by atoms with Gasteiger partial charge in [-0.1, -0.05) is 6.92 Å². The van der Waals surface area contributed by atoms with Gasteiger partial charge in [-0.25, -0.2) is 0 Å². The molecule has 106 valence electrons. The van der Waals surface area contributed by atoms with E-state index >= 15 is 0 Å². The predicted octanol–water partition coefficient (Wildman–Crippen LogP) is 2.96. The molecule has 19 heavy (non-hydrogen) atoms. The third-order valence-electron chi connectivity index (χ3n) is 3.32. The molecular formula is C14H23N3S2. The van der Waals surface area contributed by atoms with Crippen molar-refractivity contribution in [3.63, 3.8) is 0 Å². The molecule has 0 saturated carbocycles. The molecule has 1 unspecified atom stereocenters. The lowest BCUT2D eigenvalue weighted by molar-refractivity contribution is 0.408. The largest absolute Gasteiger partial charge is 0.351 e. The fraction of sp³-hybridized carbons (Fsp3) is 0.643. The van der Waals surface area contributed by atoms with Gasteiger partial charge in [0.2, 0.25) is 0 Å². The van der Waals surface area contributed by atoms with E-state index in [1.807, 2.05) is 18.4 Å². The van der Waals surface area contributed by atoms with Gasteiger partial charge < -0.3 is 10.2 Å². The number of guanidine groups is 1. The van der Waals surface area contributed by atoms with Gasteiger partial charge in [-0.15, -0.1) is 11.3 Å². The first-order valence-corrected chi connectivity index (χ1v) is 8.72. The summed E-state index contributed by atoms with van der Waals surface area (Å²) in [6.07, 6.45) is 1.24. The SMILES string of the molecule is CCC1CN(C(=NC)NCc2ccc(C)s2)CCS1. The summed E-state index contributed by atoms with van der Waals surface area (Å²) in [6.45, 7) is 7.52. The van der Waals surface area contributed by atoms with E-state index in [1.54, 1.807) is 0 Å². The molecule has 1 N–H and O–H groups in total. The van der Waals surface area contributed by atoms with Crippen LogP contribution in [0, 0.1) is 6.92 Å². The van der Waals surface area contributed by atoms with E-state index in [9.17, 15) is 0 Å². The van der Waals surface area contributed by atoms with E-state index in [1.165, 1.54) is 21.9 Å². The van der Waals surface area contributed by atoms with Crippen molar-refractivity contribution in [3.8, 4) is 0 Å². The van der Waals surface area contributed by atoms with Crippen LogP contribution in [0.15, 0.2) is 17.1 Å². The molecule has 1 aromatic heterocycles. The second-order valence-electron chi connectivity index (χ2n) is 4.76. The van der Waals surface area contributed by atoms with E-state index in [0.29, 0.717) is 0 Å².